The van der Waals surface area contributed by atoms with Gasteiger partial charge in [0.2, 0.25) is 5.89 Å². The Morgan fingerprint density at radius 2 is 2.40 bits per heavy atom. The molecule has 0 radical (unpaired) electrons. The van der Waals surface area contributed by atoms with Crippen LogP contribution < -0.4 is 10.6 Å². The van der Waals surface area contributed by atoms with Crippen LogP contribution in [0, 0.1) is 5.92 Å². The van der Waals surface area contributed by atoms with Gasteiger partial charge in [-0.15, -0.1) is 5.10 Å². The van der Waals surface area contributed by atoms with Crippen molar-refractivity contribution in [2.45, 2.75) is 26.0 Å². The van der Waals surface area contributed by atoms with E-state index in [1.807, 2.05) is 11.8 Å². The van der Waals surface area contributed by atoms with E-state index >= 15 is 0 Å². The predicted molar refractivity (Wildman–Crippen MR) is 54.2 cm³/mol. The van der Waals surface area contributed by atoms with E-state index in [9.17, 15) is 5.11 Å². The number of nitrogens with two attached hydrogens (primary N) is 1. The zero-order valence-corrected chi connectivity index (χ0v) is 8.76. The van der Waals surface area contributed by atoms with Gasteiger partial charge in [-0.3, -0.25) is 0 Å². The highest BCUT2D eigenvalue weighted by molar-refractivity contribution is 5.25. The lowest BCUT2D eigenvalue weighted by Crippen LogP contribution is -2.42. The van der Waals surface area contributed by atoms with Crippen LogP contribution >= 0.6 is 0 Å². The Morgan fingerprint density at radius 3 is 3.00 bits per heavy atom. The predicted octanol–water partition coefficient (Wildman–Crippen LogP) is -0.265. The van der Waals surface area contributed by atoms with E-state index in [1.165, 1.54) is 0 Å². The van der Waals surface area contributed by atoms with Crippen molar-refractivity contribution in [1.29, 1.82) is 0 Å². The molecule has 2 rings (SSSR count). The summed E-state index contributed by atoms with van der Waals surface area (Å²) in [4.78, 5) is 1.99. The second-order valence-electron chi connectivity index (χ2n) is 3.96. The molecule has 1 aliphatic heterocycles. The van der Waals surface area contributed by atoms with E-state index < -0.39 is 0 Å². The van der Waals surface area contributed by atoms with Crippen LogP contribution in [-0.4, -0.2) is 34.5 Å². The highest BCUT2D eigenvalue weighted by Gasteiger charge is 2.26. The number of anilines is 1. The molecular formula is C9H16N4O2. The Kier molecular flexibility index (Phi) is 2.88. The Bertz CT molecular complexity index is 328. The zero-order valence-electron chi connectivity index (χ0n) is 8.76. The average Bonchev–Trinajstić information content (AvgIpc) is 2.70. The number of hydrogen-bond donors (Lipinski definition) is 2. The Labute approximate surface area is 88.1 Å². The van der Waals surface area contributed by atoms with Gasteiger partial charge in [-0.05, 0) is 12.3 Å². The molecule has 0 saturated carbocycles. The van der Waals surface area contributed by atoms with Crippen molar-refractivity contribution < 1.29 is 9.52 Å². The second kappa shape index (κ2) is 4.16. The lowest BCUT2D eigenvalue weighted by Gasteiger charge is -2.32. The minimum Gasteiger partial charge on any atom is -0.407 e. The van der Waals surface area contributed by atoms with Gasteiger partial charge in [-0.2, -0.15) is 0 Å². The van der Waals surface area contributed by atoms with Crippen LogP contribution in [0.4, 0.5) is 6.01 Å². The molecule has 2 atom stereocenters. The van der Waals surface area contributed by atoms with Crippen LogP contribution in [0.1, 0.15) is 19.2 Å². The van der Waals surface area contributed by atoms with E-state index in [4.69, 9.17) is 10.2 Å². The van der Waals surface area contributed by atoms with Gasteiger partial charge in [0.15, 0.2) is 0 Å². The van der Waals surface area contributed by atoms with Gasteiger partial charge in [0.25, 0.3) is 0 Å². The summed E-state index contributed by atoms with van der Waals surface area (Å²) in [6.45, 7) is 3.77. The summed E-state index contributed by atoms with van der Waals surface area (Å²) in [5.74, 6) is 0.677. The molecule has 0 aliphatic carbocycles. The summed E-state index contributed by atoms with van der Waals surface area (Å²) in [6.07, 6.45) is 0.514. The van der Waals surface area contributed by atoms with Crippen LogP contribution in [0.15, 0.2) is 4.42 Å². The molecule has 84 valence electrons. The van der Waals surface area contributed by atoms with E-state index in [1.54, 1.807) is 0 Å². The monoisotopic (exact) mass is 212 g/mol. The summed E-state index contributed by atoms with van der Waals surface area (Å²) in [7, 11) is 0. The van der Waals surface area contributed by atoms with Gasteiger partial charge in [0.05, 0.1) is 12.6 Å². The molecule has 0 aromatic carbocycles. The van der Waals surface area contributed by atoms with E-state index in [2.05, 4.69) is 10.2 Å². The molecule has 6 nitrogen and oxygen atoms in total. The quantitative estimate of drug-likeness (QED) is 0.702. The maximum absolute atomic E-state index is 9.58. The average molecular weight is 212 g/mol. The smallest absolute Gasteiger partial charge is 0.318 e. The minimum atomic E-state index is -0.224. The first-order chi connectivity index (χ1) is 7.20. The minimum absolute atomic E-state index is 0.224. The van der Waals surface area contributed by atoms with Crippen LogP contribution in [0.2, 0.25) is 0 Å². The Hall–Kier alpha value is -1.14. The van der Waals surface area contributed by atoms with Gasteiger partial charge in [-0.1, -0.05) is 12.0 Å². The Morgan fingerprint density at radius 1 is 1.60 bits per heavy atom. The molecule has 2 unspecified atom stereocenters. The normalized spacial score (nSPS) is 27.0. The topological polar surface area (TPSA) is 88.4 Å². The number of piperidine rings is 1. The zero-order chi connectivity index (χ0) is 10.8. The standard InChI is InChI=1S/C9H16N4O2/c1-6-5-13(3-2-7(6)14)9-12-11-8(4-10)15-9/h6-7,14H,2-5,10H2,1H3. The number of aliphatic hydroxyl groups excluding tert-OH is 1. The lowest BCUT2D eigenvalue weighted by molar-refractivity contribution is 0.0956. The van der Waals surface area contributed by atoms with Crippen LogP contribution in [0.3, 0.4) is 0 Å². The summed E-state index contributed by atoms with van der Waals surface area (Å²) in [5, 5.41) is 17.3. The van der Waals surface area contributed by atoms with Crippen molar-refractivity contribution in [3.05, 3.63) is 5.89 Å². The van der Waals surface area contributed by atoms with Crippen molar-refractivity contribution in [2.75, 3.05) is 18.0 Å². The number of aliphatic hydroxyl groups is 1. The van der Waals surface area contributed by atoms with Crippen LogP contribution in [0.5, 0.6) is 0 Å². The maximum atomic E-state index is 9.58. The van der Waals surface area contributed by atoms with Crippen molar-refractivity contribution in [3.8, 4) is 0 Å². The fourth-order valence-electron chi connectivity index (χ4n) is 1.76. The first kappa shape index (κ1) is 10.4. The molecule has 15 heavy (non-hydrogen) atoms. The van der Waals surface area contributed by atoms with Crippen LogP contribution in [0.25, 0.3) is 0 Å². The van der Waals surface area contributed by atoms with E-state index in [0.717, 1.165) is 19.5 Å². The number of nitrogens with zero attached hydrogens (tertiary/aromatic N) is 3. The SMILES string of the molecule is CC1CN(c2nnc(CN)o2)CCC1O. The van der Waals surface area contributed by atoms with Gasteiger partial charge < -0.3 is 20.2 Å². The third kappa shape index (κ3) is 2.10. The van der Waals surface area contributed by atoms with Crippen molar-refractivity contribution >= 4 is 6.01 Å². The number of hydrogen-bond acceptors (Lipinski definition) is 6. The summed E-state index contributed by atoms with van der Waals surface area (Å²) in [6, 6.07) is 0.509. The highest BCUT2D eigenvalue weighted by atomic mass is 16.4. The molecule has 1 fully saturated rings. The van der Waals surface area contributed by atoms with E-state index in [0.29, 0.717) is 11.9 Å². The van der Waals surface area contributed by atoms with Crippen LogP contribution in [-0.2, 0) is 6.54 Å². The fourth-order valence-corrected chi connectivity index (χ4v) is 1.76. The molecule has 2 heterocycles. The first-order valence-corrected chi connectivity index (χ1v) is 5.16. The molecular weight excluding hydrogens is 196 g/mol. The van der Waals surface area contributed by atoms with Crippen molar-refractivity contribution in [1.82, 2.24) is 10.2 Å². The molecule has 0 amide bonds. The largest absolute Gasteiger partial charge is 0.407 e. The summed E-state index contributed by atoms with van der Waals surface area (Å²) >= 11 is 0. The summed E-state index contributed by atoms with van der Waals surface area (Å²) < 4.78 is 5.35. The molecule has 0 spiro atoms. The molecule has 1 aliphatic rings. The molecule has 3 N–H and O–H groups in total. The Balaban J connectivity index is 2.05. The third-order valence-corrected chi connectivity index (χ3v) is 2.76. The van der Waals surface area contributed by atoms with Crippen molar-refractivity contribution in [3.63, 3.8) is 0 Å². The van der Waals surface area contributed by atoms with Crippen molar-refractivity contribution in [2.24, 2.45) is 11.7 Å². The summed E-state index contributed by atoms with van der Waals surface area (Å²) in [5.41, 5.74) is 5.39. The van der Waals surface area contributed by atoms with E-state index in [-0.39, 0.29) is 18.6 Å². The number of rotatable bonds is 2. The van der Waals surface area contributed by atoms with Gasteiger partial charge >= 0.3 is 6.01 Å². The highest BCUT2D eigenvalue weighted by Crippen LogP contribution is 2.21. The number of aromatic nitrogens is 2. The third-order valence-electron chi connectivity index (χ3n) is 2.76. The fraction of sp³-hybridized carbons (Fsp3) is 0.778. The second-order valence-corrected chi connectivity index (χ2v) is 3.96. The molecule has 6 heteroatoms. The van der Waals surface area contributed by atoms with Gasteiger partial charge in [-0.25, -0.2) is 0 Å². The first-order valence-electron chi connectivity index (χ1n) is 5.16. The van der Waals surface area contributed by atoms with Gasteiger partial charge in [0, 0.05) is 13.1 Å². The molecule has 0 bridgehead atoms. The maximum Gasteiger partial charge on any atom is 0.318 e. The molecule has 1 aromatic heterocycles. The van der Waals surface area contributed by atoms with Gasteiger partial charge in [0.1, 0.15) is 0 Å². The molecule has 1 saturated heterocycles. The lowest BCUT2D eigenvalue weighted by atomic mass is 9.97. The molecule has 1 aromatic rings.